The first-order chi connectivity index (χ1) is 15.0. The number of aliphatic hydroxyl groups excluding tert-OH is 2. The molecule has 0 aliphatic heterocycles. The van der Waals surface area contributed by atoms with Gasteiger partial charge in [-0.25, -0.2) is 9.18 Å². The van der Waals surface area contributed by atoms with Gasteiger partial charge in [-0.15, -0.1) is 0 Å². The number of rotatable bonds is 7. The highest BCUT2D eigenvalue weighted by Crippen LogP contribution is 2.44. The maximum atomic E-state index is 12.9. The van der Waals surface area contributed by atoms with Crippen molar-refractivity contribution in [3.63, 3.8) is 0 Å². The number of fused-ring (bicyclic) bond motifs is 3. The lowest BCUT2D eigenvalue weighted by Gasteiger charge is -2.18. The molecular formula is C24H23FN2O4. The normalized spacial score (nSPS) is 14.4. The summed E-state index contributed by atoms with van der Waals surface area (Å²) in [4.78, 5) is 15.9. The molecule has 4 rings (SSSR count). The zero-order valence-corrected chi connectivity index (χ0v) is 16.7. The molecule has 2 atom stereocenters. The first kappa shape index (κ1) is 21.0. The zero-order chi connectivity index (χ0) is 21.8. The minimum atomic E-state index is -1.27. The van der Waals surface area contributed by atoms with Crippen LogP contribution in [0.5, 0.6) is 0 Å². The Morgan fingerprint density at radius 3 is 2.29 bits per heavy atom. The fourth-order valence-corrected chi connectivity index (χ4v) is 3.89. The smallest absolute Gasteiger partial charge is 0.407 e. The van der Waals surface area contributed by atoms with Gasteiger partial charge in [-0.3, -0.25) is 4.98 Å². The van der Waals surface area contributed by atoms with E-state index in [9.17, 15) is 19.4 Å². The van der Waals surface area contributed by atoms with Crippen molar-refractivity contribution >= 4 is 6.09 Å². The van der Waals surface area contributed by atoms with Crippen LogP contribution in [-0.4, -0.2) is 40.5 Å². The highest BCUT2D eigenvalue weighted by atomic mass is 19.1. The van der Waals surface area contributed by atoms with Crippen molar-refractivity contribution in [1.82, 2.24) is 10.3 Å². The van der Waals surface area contributed by atoms with Crippen LogP contribution in [0.15, 0.2) is 66.9 Å². The summed E-state index contributed by atoms with van der Waals surface area (Å²) < 4.78 is 18.4. The maximum absolute atomic E-state index is 12.9. The summed E-state index contributed by atoms with van der Waals surface area (Å²) in [7, 11) is 0. The van der Waals surface area contributed by atoms with E-state index >= 15 is 0 Å². The van der Waals surface area contributed by atoms with Gasteiger partial charge in [-0.1, -0.05) is 48.5 Å². The van der Waals surface area contributed by atoms with Crippen LogP contribution in [0.2, 0.25) is 0 Å². The van der Waals surface area contributed by atoms with E-state index in [0.717, 1.165) is 34.5 Å². The van der Waals surface area contributed by atoms with E-state index in [4.69, 9.17) is 4.74 Å². The Labute approximate surface area is 179 Å². The van der Waals surface area contributed by atoms with Gasteiger partial charge < -0.3 is 20.3 Å². The van der Waals surface area contributed by atoms with Gasteiger partial charge in [-0.05, 0) is 40.8 Å². The fraction of sp³-hybridized carbons (Fsp3) is 0.250. The summed E-state index contributed by atoms with van der Waals surface area (Å²) in [6.45, 7) is 0.306. The Morgan fingerprint density at radius 1 is 1.03 bits per heavy atom. The average molecular weight is 422 g/mol. The number of benzene rings is 2. The summed E-state index contributed by atoms with van der Waals surface area (Å²) in [5.74, 6) is -0.558. The van der Waals surface area contributed by atoms with Crippen LogP contribution >= 0.6 is 0 Å². The summed E-state index contributed by atoms with van der Waals surface area (Å²) >= 11 is 0. The molecule has 0 radical (unpaired) electrons. The number of amides is 1. The van der Waals surface area contributed by atoms with Gasteiger partial charge in [0.25, 0.3) is 0 Å². The van der Waals surface area contributed by atoms with Crippen LogP contribution in [0.1, 0.15) is 35.3 Å². The van der Waals surface area contributed by atoms with Crippen molar-refractivity contribution in [3.8, 4) is 11.1 Å². The van der Waals surface area contributed by atoms with Crippen LogP contribution in [0, 0.1) is 5.82 Å². The molecule has 0 bridgehead atoms. The van der Waals surface area contributed by atoms with Crippen molar-refractivity contribution in [2.45, 2.75) is 24.5 Å². The predicted octanol–water partition coefficient (Wildman–Crippen LogP) is 3.54. The highest BCUT2D eigenvalue weighted by molar-refractivity contribution is 5.79. The van der Waals surface area contributed by atoms with E-state index in [1.807, 2.05) is 36.4 Å². The number of halogens is 1. The van der Waals surface area contributed by atoms with E-state index in [1.165, 1.54) is 6.07 Å². The van der Waals surface area contributed by atoms with Gasteiger partial charge in [-0.2, -0.15) is 0 Å². The Kier molecular flexibility index (Phi) is 6.25. The molecule has 1 amide bonds. The minimum absolute atomic E-state index is 0.0323. The van der Waals surface area contributed by atoms with Gasteiger partial charge in [0.1, 0.15) is 18.5 Å². The lowest BCUT2D eigenvalue weighted by Crippen LogP contribution is -2.30. The zero-order valence-electron chi connectivity index (χ0n) is 16.7. The Balaban J connectivity index is 1.28. The second-order valence-electron chi connectivity index (χ2n) is 7.45. The van der Waals surface area contributed by atoms with Gasteiger partial charge >= 0.3 is 6.09 Å². The molecule has 0 saturated carbocycles. The average Bonchev–Trinajstić information content (AvgIpc) is 3.11. The molecular weight excluding hydrogens is 399 g/mol. The number of carbonyl (C=O) groups is 1. The number of ether oxygens (including phenoxy) is 1. The molecule has 1 heterocycles. The van der Waals surface area contributed by atoms with Crippen LogP contribution in [0.25, 0.3) is 11.1 Å². The third-order valence-corrected chi connectivity index (χ3v) is 5.47. The van der Waals surface area contributed by atoms with Crippen LogP contribution < -0.4 is 5.32 Å². The number of nitrogens with one attached hydrogen (secondary N) is 1. The van der Waals surface area contributed by atoms with Gasteiger partial charge in [0, 0.05) is 12.5 Å². The molecule has 3 aromatic rings. The Hall–Kier alpha value is -3.29. The SMILES string of the molecule is O=C(NCCC(O)C(O)c1ccc(F)cn1)OCC1c2ccccc2-c2ccccc21. The highest BCUT2D eigenvalue weighted by Gasteiger charge is 2.29. The quantitative estimate of drug-likeness (QED) is 0.542. The van der Waals surface area contributed by atoms with Crippen molar-refractivity contribution in [2.24, 2.45) is 0 Å². The van der Waals surface area contributed by atoms with E-state index in [1.54, 1.807) is 0 Å². The molecule has 1 aromatic heterocycles. The monoisotopic (exact) mass is 422 g/mol. The molecule has 160 valence electrons. The van der Waals surface area contributed by atoms with E-state index in [-0.39, 0.29) is 31.2 Å². The van der Waals surface area contributed by atoms with E-state index in [2.05, 4.69) is 22.4 Å². The summed E-state index contributed by atoms with van der Waals surface area (Å²) in [6, 6.07) is 18.6. The second-order valence-corrected chi connectivity index (χ2v) is 7.45. The number of carbonyl (C=O) groups excluding carboxylic acids is 1. The fourth-order valence-electron chi connectivity index (χ4n) is 3.89. The van der Waals surface area contributed by atoms with Gasteiger partial charge in [0.05, 0.1) is 18.0 Å². The largest absolute Gasteiger partial charge is 0.449 e. The number of hydrogen-bond acceptors (Lipinski definition) is 5. The molecule has 3 N–H and O–H groups in total. The van der Waals surface area contributed by atoms with Crippen LogP contribution in [0.4, 0.5) is 9.18 Å². The predicted molar refractivity (Wildman–Crippen MR) is 113 cm³/mol. The molecule has 6 nitrogen and oxygen atoms in total. The minimum Gasteiger partial charge on any atom is -0.449 e. The Bertz CT molecular complexity index is 1010. The molecule has 31 heavy (non-hydrogen) atoms. The first-order valence-electron chi connectivity index (χ1n) is 10.1. The van der Waals surface area contributed by atoms with Crippen molar-refractivity contribution in [1.29, 1.82) is 0 Å². The number of aliphatic hydroxyl groups is 2. The van der Waals surface area contributed by atoms with Crippen molar-refractivity contribution in [2.75, 3.05) is 13.2 Å². The van der Waals surface area contributed by atoms with Gasteiger partial charge in [0.15, 0.2) is 0 Å². The van der Waals surface area contributed by atoms with Gasteiger partial charge in [0.2, 0.25) is 0 Å². The number of hydrogen-bond donors (Lipinski definition) is 3. The van der Waals surface area contributed by atoms with Crippen molar-refractivity contribution < 1.29 is 24.1 Å². The third-order valence-electron chi connectivity index (χ3n) is 5.47. The van der Waals surface area contributed by atoms with E-state index in [0.29, 0.717) is 0 Å². The summed E-state index contributed by atoms with van der Waals surface area (Å²) in [5, 5.41) is 22.8. The molecule has 0 saturated heterocycles. The third kappa shape index (κ3) is 4.57. The van der Waals surface area contributed by atoms with Crippen LogP contribution in [0.3, 0.4) is 0 Å². The number of pyridine rings is 1. The number of nitrogens with zero attached hydrogens (tertiary/aromatic N) is 1. The number of alkyl carbamates (subject to hydrolysis) is 1. The lowest BCUT2D eigenvalue weighted by atomic mass is 9.98. The second kappa shape index (κ2) is 9.24. The van der Waals surface area contributed by atoms with Crippen LogP contribution in [-0.2, 0) is 4.74 Å². The molecule has 0 fully saturated rings. The lowest BCUT2D eigenvalue weighted by molar-refractivity contribution is 0.0111. The standard InChI is InChI=1S/C24H23FN2O4/c25-15-9-10-21(27-13-15)23(29)22(28)11-12-26-24(30)31-14-20-18-7-3-1-5-16(18)17-6-2-4-8-19(17)20/h1-10,13,20,22-23,28-29H,11-12,14H2,(H,26,30). The maximum Gasteiger partial charge on any atom is 0.407 e. The first-order valence-corrected chi connectivity index (χ1v) is 10.1. The van der Waals surface area contributed by atoms with E-state index < -0.39 is 24.1 Å². The molecule has 0 spiro atoms. The topological polar surface area (TPSA) is 91.7 Å². The molecule has 2 unspecified atom stereocenters. The molecule has 2 aromatic carbocycles. The molecule has 1 aliphatic carbocycles. The van der Waals surface area contributed by atoms with Crippen molar-refractivity contribution in [3.05, 3.63) is 89.5 Å². The summed E-state index contributed by atoms with van der Waals surface area (Å²) in [5.41, 5.74) is 4.72. The molecule has 7 heteroatoms. The summed E-state index contributed by atoms with van der Waals surface area (Å²) in [6.07, 6.45) is -1.97. The molecule has 1 aliphatic rings. The number of aromatic nitrogens is 1. The Morgan fingerprint density at radius 2 is 1.68 bits per heavy atom.